The number of thiophene rings is 1. The summed E-state index contributed by atoms with van der Waals surface area (Å²) in [5.74, 6) is -0.547. The Labute approximate surface area is 155 Å². The van der Waals surface area contributed by atoms with E-state index in [0.29, 0.717) is 30.0 Å². The van der Waals surface area contributed by atoms with Crippen molar-refractivity contribution in [3.8, 4) is 10.6 Å². The normalized spacial score (nSPS) is 16.4. The summed E-state index contributed by atoms with van der Waals surface area (Å²) in [7, 11) is 0. The molecule has 0 spiro atoms. The number of amides is 1. The van der Waals surface area contributed by atoms with E-state index < -0.39 is 5.54 Å². The molecule has 1 aliphatic rings. The zero-order valence-corrected chi connectivity index (χ0v) is 16.1. The van der Waals surface area contributed by atoms with Gasteiger partial charge in [0.05, 0.1) is 12.3 Å². The number of esters is 1. The number of nitrogens with one attached hydrogen (secondary N) is 1. The van der Waals surface area contributed by atoms with Crippen LogP contribution >= 0.6 is 22.7 Å². The zero-order valence-electron chi connectivity index (χ0n) is 14.5. The van der Waals surface area contributed by atoms with Gasteiger partial charge in [0.15, 0.2) is 0 Å². The van der Waals surface area contributed by atoms with Crippen LogP contribution < -0.4 is 5.32 Å². The van der Waals surface area contributed by atoms with Gasteiger partial charge in [0.2, 0.25) is 0 Å². The number of rotatable bonds is 5. The van der Waals surface area contributed by atoms with Crippen molar-refractivity contribution in [3.05, 3.63) is 27.4 Å². The average Bonchev–Trinajstić information content (AvgIpc) is 3.25. The van der Waals surface area contributed by atoms with Crippen LogP contribution in [0.5, 0.6) is 0 Å². The van der Waals surface area contributed by atoms with Crippen molar-refractivity contribution in [1.82, 2.24) is 10.3 Å². The molecule has 0 unspecified atom stereocenters. The lowest BCUT2D eigenvalue weighted by atomic mass is 9.81. The molecule has 1 N–H and O–H groups in total. The summed E-state index contributed by atoms with van der Waals surface area (Å²) in [6.07, 6.45) is 4.18. The molecule has 25 heavy (non-hydrogen) atoms. The summed E-state index contributed by atoms with van der Waals surface area (Å²) in [6.45, 7) is 3.94. The number of carbonyl (C=O) groups excluding carboxylic acids is 2. The molecule has 1 aliphatic carbocycles. The summed E-state index contributed by atoms with van der Waals surface area (Å²) in [6, 6.07) is 1.99. The Morgan fingerprint density at radius 2 is 2.08 bits per heavy atom. The summed E-state index contributed by atoms with van der Waals surface area (Å²) < 4.78 is 5.25. The summed E-state index contributed by atoms with van der Waals surface area (Å²) >= 11 is 2.97. The fraction of sp³-hybridized carbons (Fsp3) is 0.500. The van der Waals surface area contributed by atoms with Gasteiger partial charge in [-0.05, 0) is 38.1 Å². The number of aromatic nitrogens is 1. The molecule has 1 saturated carbocycles. The number of hydrogen-bond donors (Lipinski definition) is 1. The molecule has 7 heteroatoms. The van der Waals surface area contributed by atoms with Crippen molar-refractivity contribution >= 4 is 34.6 Å². The number of aryl methyl sites for hydroxylation is 1. The monoisotopic (exact) mass is 378 g/mol. The van der Waals surface area contributed by atoms with Crippen LogP contribution in [0.1, 0.15) is 54.4 Å². The third-order valence-electron chi connectivity index (χ3n) is 4.50. The number of nitrogens with zero attached hydrogens (tertiary/aromatic N) is 1. The second-order valence-electron chi connectivity index (χ2n) is 6.26. The third-order valence-corrected chi connectivity index (χ3v) is 6.39. The molecule has 5 nitrogen and oxygen atoms in total. The Bertz CT molecular complexity index is 746. The van der Waals surface area contributed by atoms with Crippen LogP contribution in [-0.4, -0.2) is 29.0 Å². The molecule has 0 aliphatic heterocycles. The maximum absolute atomic E-state index is 12.9. The topological polar surface area (TPSA) is 68.3 Å². The van der Waals surface area contributed by atoms with E-state index in [0.717, 1.165) is 29.8 Å². The molecule has 2 heterocycles. The van der Waals surface area contributed by atoms with E-state index in [2.05, 4.69) is 10.3 Å². The van der Waals surface area contributed by atoms with E-state index in [4.69, 9.17) is 4.74 Å². The van der Waals surface area contributed by atoms with Crippen molar-refractivity contribution in [3.63, 3.8) is 0 Å². The highest BCUT2D eigenvalue weighted by molar-refractivity contribution is 7.17. The molecule has 0 atom stereocenters. The minimum Gasteiger partial charge on any atom is -0.464 e. The average molecular weight is 379 g/mol. The minimum absolute atomic E-state index is 0.230. The van der Waals surface area contributed by atoms with Crippen LogP contribution in [-0.2, 0) is 9.53 Å². The fourth-order valence-corrected chi connectivity index (χ4v) is 4.87. The van der Waals surface area contributed by atoms with Crippen LogP contribution in [0.2, 0.25) is 0 Å². The Hall–Kier alpha value is -1.73. The van der Waals surface area contributed by atoms with Crippen molar-refractivity contribution in [2.75, 3.05) is 6.61 Å². The first kappa shape index (κ1) is 18.1. The molecule has 1 amide bonds. The van der Waals surface area contributed by atoms with Gasteiger partial charge < -0.3 is 10.1 Å². The summed E-state index contributed by atoms with van der Waals surface area (Å²) in [5.41, 5.74) is 0.818. The smallest absolute Gasteiger partial charge is 0.331 e. The van der Waals surface area contributed by atoms with Crippen LogP contribution in [0.15, 0.2) is 16.8 Å². The molecular formula is C18H22N2O3S2. The molecule has 3 rings (SSSR count). The third kappa shape index (κ3) is 3.77. The Morgan fingerprint density at radius 3 is 2.72 bits per heavy atom. The van der Waals surface area contributed by atoms with Crippen LogP contribution in [0, 0.1) is 6.92 Å². The molecule has 2 aromatic heterocycles. The highest BCUT2D eigenvalue weighted by atomic mass is 32.1. The lowest BCUT2D eigenvalue weighted by Crippen LogP contribution is -2.56. The predicted molar refractivity (Wildman–Crippen MR) is 100 cm³/mol. The van der Waals surface area contributed by atoms with E-state index in [-0.39, 0.29) is 11.9 Å². The van der Waals surface area contributed by atoms with E-state index in [1.165, 1.54) is 11.3 Å². The predicted octanol–water partition coefficient (Wildman–Crippen LogP) is 4.18. The van der Waals surface area contributed by atoms with Crippen LogP contribution in [0.25, 0.3) is 10.6 Å². The first-order valence-electron chi connectivity index (χ1n) is 8.55. The van der Waals surface area contributed by atoms with Gasteiger partial charge in [-0.1, -0.05) is 19.3 Å². The van der Waals surface area contributed by atoms with Gasteiger partial charge in [0.25, 0.3) is 5.91 Å². The Kier molecular flexibility index (Phi) is 5.54. The van der Waals surface area contributed by atoms with Crippen LogP contribution in [0.3, 0.4) is 0 Å². The van der Waals surface area contributed by atoms with E-state index in [9.17, 15) is 9.59 Å². The van der Waals surface area contributed by atoms with Gasteiger partial charge in [0, 0.05) is 10.9 Å². The molecular weight excluding hydrogens is 356 g/mol. The number of hydrogen-bond acceptors (Lipinski definition) is 6. The van der Waals surface area contributed by atoms with Crippen LogP contribution in [0.4, 0.5) is 0 Å². The SMILES string of the molecule is CCOC(=O)C1(NC(=O)c2sc(-c3ccsc3)nc2C)CCCCC1. The quantitative estimate of drug-likeness (QED) is 0.793. The molecule has 0 radical (unpaired) electrons. The first-order chi connectivity index (χ1) is 12.1. The lowest BCUT2D eigenvalue weighted by molar-refractivity contribution is -0.152. The van der Waals surface area contributed by atoms with Gasteiger partial charge in [-0.25, -0.2) is 9.78 Å². The number of carbonyl (C=O) groups is 2. The standard InChI is InChI=1S/C18H22N2O3S2/c1-3-23-17(22)18(8-5-4-6-9-18)20-15(21)14-12(2)19-16(25-14)13-7-10-24-11-13/h7,10-11H,3-6,8-9H2,1-2H3,(H,20,21). The van der Waals surface area contributed by atoms with E-state index in [1.807, 2.05) is 23.8 Å². The van der Waals surface area contributed by atoms with E-state index >= 15 is 0 Å². The van der Waals surface area contributed by atoms with Crippen molar-refractivity contribution in [1.29, 1.82) is 0 Å². The second kappa shape index (κ2) is 7.66. The lowest BCUT2D eigenvalue weighted by Gasteiger charge is -2.35. The maximum atomic E-state index is 12.9. The number of ether oxygens (including phenoxy) is 1. The van der Waals surface area contributed by atoms with Gasteiger partial charge in [-0.2, -0.15) is 11.3 Å². The Morgan fingerprint density at radius 1 is 1.32 bits per heavy atom. The Balaban J connectivity index is 1.83. The van der Waals surface area contributed by atoms with Gasteiger partial charge in [0.1, 0.15) is 15.4 Å². The highest BCUT2D eigenvalue weighted by Crippen LogP contribution is 2.32. The molecule has 134 valence electrons. The summed E-state index contributed by atoms with van der Waals surface area (Å²) in [5, 5.41) is 7.83. The molecule has 0 bridgehead atoms. The van der Waals surface area contributed by atoms with Crippen molar-refractivity contribution in [2.24, 2.45) is 0 Å². The minimum atomic E-state index is -0.898. The summed E-state index contributed by atoms with van der Waals surface area (Å²) in [4.78, 5) is 30.5. The van der Waals surface area contributed by atoms with Crippen molar-refractivity contribution < 1.29 is 14.3 Å². The molecule has 1 fully saturated rings. The molecule has 0 aromatic carbocycles. The first-order valence-corrected chi connectivity index (χ1v) is 10.3. The highest BCUT2D eigenvalue weighted by Gasteiger charge is 2.42. The zero-order chi connectivity index (χ0) is 17.9. The van der Waals surface area contributed by atoms with E-state index in [1.54, 1.807) is 18.3 Å². The molecule has 2 aromatic rings. The van der Waals surface area contributed by atoms with Gasteiger partial charge >= 0.3 is 5.97 Å². The number of thiazole rings is 1. The fourth-order valence-electron chi connectivity index (χ4n) is 3.20. The van der Waals surface area contributed by atoms with Gasteiger partial charge in [-0.15, -0.1) is 11.3 Å². The largest absolute Gasteiger partial charge is 0.464 e. The van der Waals surface area contributed by atoms with Crippen molar-refractivity contribution in [2.45, 2.75) is 51.5 Å². The second-order valence-corrected chi connectivity index (χ2v) is 8.04. The van der Waals surface area contributed by atoms with Gasteiger partial charge in [-0.3, -0.25) is 4.79 Å². The molecule has 0 saturated heterocycles. The maximum Gasteiger partial charge on any atom is 0.331 e.